The topological polar surface area (TPSA) is 75.0 Å². The highest BCUT2D eigenvalue weighted by Crippen LogP contribution is 2.71. The van der Waals surface area contributed by atoms with Crippen molar-refractivity contribution in [3.05, 3.63) is 47.5 Å². The SMILES string of the molecule is COC(=O)CC1C2(C)C3=C(C)C(c4ccoc4)CC3OC2C2OCC3(C)C=CC(=O)C1(C)C23. The molecule has 0 aromatic carbocycles. The number of rotatable bonds is 3. The first-order chi connectivity index (χ1) is 15.7. The summed E-state index contributed by atoms with van der Waals surface area (Å²) in [6, 6.07) is 2.01. The number of fused-ring (bicyclic) bond motifs is 4. The average Bonchev–Trinajstić information content (AvgIpc) is 3.54. The molecule has 2 aliphatic heterocycles. The van der Waals surface area contributed by atoms with Crippen LogP contribution < -0.4 is 0 Å². The van der Waals surface area contributed by atoms with E-state index in [2.05, 4.69) is 27.7 Å². The van der Waals surface area contributed by atoms with E-state index in [1.807, 2.05) is 12.1 Å². The van der Waals surface area contributed by atoms with Gasteiger partial charge >= 0.3 is 5.97 Å². The lowest BCUT2D eigenvalue weighted by Crippen LogP contribution is -2.66. The van der Waals surface area contributed by atoms with Crippen LogP contribution >= 0.6 is 0 Å². The zero-order chi connectivity index (χ0) is 23.3. The Balaban J connectivity index is 1.56. The number of esters is 1. The van der Waals surface area contributed by atoms with Crippen LogP contribution in [-0.4, -0.2) is 43.8 Å². The maximum Gasteiger partial charge on any atom is 0.305 e. The van der Waals surface area contributed by atoms with Gasteiger partial charge in [-0.05, 0) is 42.5 Å². The molecule has 6 rings (SSSR count). The van der Waals surface area contributed by atoms with Crippen LogP contribution in [0.1, 0.15) is 52.0 Å². The van der Waals surface area contributed by atoms with Crippen LogP contribution in [0.25, 0.3) is 0 Å². The second-order valence-electron chi connectivity index (χ2n) is 11.3. The number of ether oxygens (including phenoxy) is 3. The van der Waals surface area contributed by atoms with Crippen molar-refractivity contribution in [2.45, 2.75) is 64.8 Å². The van der Waals surface area contributed by atoms with Crippen molar-refractivity contribution in [1.29, 1.82) is 0 Å². The first-order valence-electron chi connectivity index (χ1n) is 12.0. The third kappa shape index (κ3) is 2.46. The van der Waals surface area contributed by atoms with Crippen LogP contribution in [0, 0.1) is 28.1 Å². The molecule has 33 heavy (non-hydrogen) atoms. The highest BCUT2D eigenvalue weighted by atomic mass is 16.6. The normalized spacial score (nSPS) is 47.5. The summed E-state index contributed by atoms with van der Waals surface area (Å²) in [5.41, 5.74) is 2.14. The van der Waals surface area contributed by atoms with E-state index in [4.69, 9.17) is 18.6 Å². The van der Waals surface area contributed by atoms with E-state index >= 15 is 0 Å². The first-order valence-corrected chi connectivity index (χ1v) is 12.0. The molecule has 176 valence electrons. The summed E-state index contributed by atoms with van der Waals surface area (Å²) in [6.45, 7) is 9.17. The average molecular weight is 453 g/mol. The Morgan fingerprint density at radius 3 is 2.73 bits per heavy atom. The molecule has 3 aliphatic carbocycles. The van der Waals surface area contributed by atoms with E-state index in [1.165, 1.54) is 18.3 Å². The van der Waals surface area contributed by atoms with Gasteiger partial charge in [0.15, 0.2) is 5.78 Å². The maximum absolute atomic E-state index is 13.7. The van der Waals surface area contributed by atoms with E-state index < -0.39 is 10.8 Å². The maximum atomic E-state index is 13.7. The van der Waals surface area contributed by atoms with Gasteiger partial charge in [0, 0.05) is 28.1 Å². The Morgan fingerprint density at radius 1 is 1.24 bits per heavy atom. The Bertz CT molecular complexity index is 1080. The number of furan rings is 1. The van der Waals surface area contributed by atoms with Gasteiger partial charge in [-0.3, -0.25) is 9.59 Å². The Kier molecular flexibility index (Phi) is 4.33. The van der Waals surface area contributed by atoms with Crippen molar-refractivity contribution < 1.29 is 28.2 Å². The number of hydrogen-bond donors (Lipinski definition) is 0. The minimum Gasteiger partial charge on any atom is -0.472 e. The number of carbonyl (C=O) groups excluding carboxylic acids is 2. The van der Waals surface area contributed by atoms with E-state index in [-0.39, 0.29) is 59.7 Å². The molecule has 0 radical (unpaired) electrons. The molecule has 1 aromatic rings. The van der Waals surface area contributed by atoms with Gasteiger partial charge in [-0.2, -0.15) is 0 Å². The Labute approximate surface area is 194 Å². The van der Waals surface area contributed by atoms with Gasteiger partial charge in [0.25, 0.3) is 0 Å². The van der Waals surface area contributed by atoms with Gasteiger partial charge in [-0.25, -0.2) is 0 Å². The molecule has 0 spiro atoms. The van der Waals surface area contributed by atoms with Gasteiger partial charge in [0.05, 0.1) is 51.0 Å². The summed E-state index contributed by atoms with van der Waals surface area (Å²) in [6.07, 6.45) is 7.85. The second kappa shape index (κ2) is 6.70. The number of methoxy groups -OCH3 is 1. The zero-order valence-electron chi connectivity index (χ0n) is 19.9. The molecule has 1 saturated carbocycles. The summed E-state index contributed by atoms with van der Waals surface area (Å²) in [5, 5.41) is 0. The van der Waals surface area contributed by atoms with Gasteiger partial charge in [-0.1, -0.05) is 32.4 Å². The molecule has 0 N–H and O–H groups in total. The van der Waals surface area contributed by atoms with Crippen LogP contribution in [0.5, 0.6) is 0 Å². The smallest absolute Gasteiger partial charge is 0.305 e. The van der Waals surface area contributed by atoms with Crippen molar-refractivity contribution >= 4 is 11.8 Å². The number of carbonyl (C=O) groups is 2. The molecular formula is C27H32O6. The highest BCUT2D eigenvalue weighted by Gasteiger charge is 2.75. The predicted molar refractivity (Wildman–Crippen MR) is 119 cm³/mol. The summed E-state index contributed by atoms with van der Waals surface area (Å²) >= 11 is 0. The molecule has 5 aliphatic rings. The molecular weight excluding hydrogens is 420 g/mol. The molecule has 6 heteroatoms. The lowest BCUT2D eigenvalue weighted by atomic mass is 9.42. The molecule has 9 unspecified atom stereocenters. The number of allylic oxidation sites excluding steroid dienone is 2. The molecule has 9 atom stereocenters. The van der Waals surface area contributed by atoms with Crippen LogP contribution in [0.2, 0.25) is 0 Å². The predicted octanol–water partition coefficient (Wildman–Crippen LogP) is 4.22. The van der Waals surface area contributed by atoms with E-state index in [9.17, 15) is 9.59 Å². The van der Waals surface area contributed by atoms with E-state index in [0.717, 1.165) is 12.0 Å². The van der Waals surface area contributed by atoms with Crippen LogP contribution in [0.3, 0.4) is 0 Å². The molecule has 3 fully saturated rings. The second-order valence-corrected chi connectivity index (χ2v) is 11.3. The molecule has 0 bridgehead atoms. The van der Waals surface area contributed by atoms with Gasteiger partial charge in [-0.15, -0.1) is 0 Å². The molecule has 6 nitrogen and oxygen atoms in total. The van der Waals surface area contributed by atoms with Gasteiger partial charge in [0.2, 0.25) is 0 Å². The number of ketones is 1. The summed E-state index contributed by atoms with van der Waals surface area (Å²) in [5.74, 6) is -0.281. The monoisotopic (exact) mass is 452 g/mol. The summed E-state index contributed by atoms with van der Waals surface area (Å²) in [7, 11) is 1.42. The lowest BCUT2D eigenvalue weighted by Gasteiger charge is -2.60. The van der Waals surface area contributed by atoms with E-state index in [1.54, 1.807) is 18.6 Å². The van der Waals surface area contributed by atoms with Crippen molar-refractivity contribution in [1.82, 2.24) is 0 Å². The van der Waals surface area contributed by atoms with Gasteiger partial charge in [0.1, 0.15) is 0 Å². The van der Waals surface area contributed by atoms with Crippen molar-refractivity contribution in [3.8, 4) is 0 Å². The minimum atomic E-state index is -0.747. The fourth-order valence-electron chi connectivity index (χ4n) is 8.54. The van der Waals surface area contributed by atoms with E-state index in [0.29, 0.717) is 6.61 Å². The molecule has 0 amide bonds. The zero-order valence-corrected chi connectivity index (χ0v) is 19.9. The molecule has 1 aromatic heterocycles. The Hall–Kier alpha value is -2.18. The fraction of sp³-hybridized carbons (Fsp3) is 0.630. The third-order valence-corrected chi connectivity index (χ3v) is 9.91. The van der Waals surface area contributed by atoms with Crippen molar-refractivity contribution in [2.24, 2.45) is 28.1 Å². The molecule has 3 heterocycles. The largest absolute Gasteiger partial charge is 0.472 e. The van der Waals surface area contributed by atoms with Crippen molar-refractivity contribution in [3.63, 3.8) is 0 Å². The summed E-state index contributed by atoms with van der Waals surface area (Å²) in [4.78, 5) is 26.4. The quantitative estimate of drug-likeness (QED) is 0.505. The minimum absolute atomic E-state index is 0.0420. The highest BCUT2D eigenvalue weighted by molar-refractivity contribution is 5.97. The van der Waals surface area contributed by atoms with Gasteiger partial charge < -0.3 is 18.6 Å². The van der Waals surface area contributed by atoms with Crippen LogP contribution in [0.4, 0.5) is 0 Å². The third-order valence-electron chi connectivity index (χ3n) is 9.91. The number of hydrogen-bond acceptors (Lipinski definition) is 6. The van der Waals surface area contributed by atoms with Crippen molar-refractivity contribution in [2.75, 3.05) is 13.7 Å². The molecule has 2 saturated heterocycles. The van der Waals surface area contributed by atoms with Crippen LogP contribution in [-0.2, 0) is 23.8 Å². The summed E-state index contributed by atoms with van der Waals surface area (Å²) < 4.78 is 23.8. The fourth-order valence-corrected chi connectivity index (χ4v) is 8.54. The standard InChI is InChI=1S/C27H32O6/c1-14-16(15-7-9-31-12-15)10-17-21(14)27(4)18(11-20(29)30-5)26(3)19(28)6-8-25(2)13-32-22(23(25)26)24(27)33-17/h6-9,12,16-18,22-24H,10-11,13H2,1-5H3. The first kappa shape index (κ1) is 21.4. The lowest BCUT2D eigenvalue weighted by molar-refractivity contribution is -0.188. The van der Waals surface area contributed by atoms with Crippen LogP contribution in [0.15, 0.2) is 46.3 Å². The Morgan fingerprint density at radius 2 is 2.03 bits per heavy atom.